The highest BCUT2D eigenvalue weighted by molar-refractivity contribution is 4.78. The Kier molecular flexibility index (Phi) is 4.31. The summed E-state index contributed by atoms with van der Waals surface area (Å²) in [6.07, 6.45) is -0.775. The lowest BCUT2D eigenvalue weighted by Crippen LogP contribution is -2.41. The van der Waals surface area contributed by atoms with E-state index in [0.717, 1.165) is 25.6 Å². The molecule has 1 saturated carbocycles. The van der Waals surface area contributed by atoms with Gasteiger partial charge in [-0.15, -0.1) is 0 Å². The molecule has 0 aromatic rings. The molecule has 1 saturated heterocycles. The molecule has 1 heterocycles. The molecule has 2 rings (SSSR count). The van der Waals surface area contributed by atoms with Gasteiger partial charge in [-0.25, -0.2) is 0 Å². The van der Waals surface area contributed by atoms with Crippen molar-refractivity contribution in [3.63, 3.8) is 0 Å². The summed E-state index contributed by atoms with van der Waals surface area (Å²) in [7, 11) is 0. The Bertz CT molecular complexity index is 230. The summed E-state index contributed by atoms with van der Waals surface area (Å²) in [6.45, 7) is 4.06. The molecule has 0 bridgehead atoms. The molecule has 100 valence electrons. The number of likely N-dealkylation sites (tertiary alicyclic amines) is 1. The Morgan fingerprint density at radius 1 is 1.06 bits per heavy atom. The summed E-state index contributed by atoms with van der Waals surface area (Å²) in [5.74, 6) is -0.205. The number of halogens is 3. The second kappa shape index (κ2) is 5.57. The van der Waals surface area contributed by atoms with Gasteiger partial charge in [0.05, 0.1) is 5.92 Å². The fourth-order valence-electron chi connectivity index (χ4n) is 2.35. The molecular weight excluding hydrogens is 229 g/mol. The van der Waals surface area contributed by atoms with Crippen molar-refractivity contribution in [3.8, 4) is 0 Å². The molecule has 0 spiro atoms. The summed E-state index contributed by atoms with van der Waals surface area (Å²) in [5.41, 5.74) is 0. The number of alkyl halides is 3. The maximum absolute atomic E-state index is 12.4. The van der Waals surface area contributed by atoms with Gasteiger partial charge in [-0.1, -0.05) is 0 Å². The fraction of sp³-hybridized carbons (Fsp3) is 1.00. The lowest BCUT2D eigenvalue weighted by Gasteiger charge is -2.32. The molecule has 0 amide bonds. The molecule has 0 aromatic heterocycles. The molecule has 0 aromatic carbocycles. The third kappa shape index (κ3) is 4.47. The molecule has 1 N–H and O–H groups in total. The first-order valence-corrected chi connectivity index (χ1v) is 6.55. The van der Waals surface area contributed by atoms with Gasteiger partial charge in [0.15, 0.2) is 0 Å². The maximum Gasteiger partial charge on any atom is 0.391 e. The molecule has 1 aliphatic heterocycles. The van der Waals surface area contributed by atoms with Crippen LogP contribution in [0.15, 0.2) is 0 Å². The average molecular weight is 250 g/mol. The van der Waals surface area contributed by atoms with E-state index in [4.69, 9.17) is 0 Å². The Balaban J connectivity index is 1.55. The number of nitrogens with zero attached hydrogens (tertiary/aromatic N) is 1. The first-order chi connectivity index (χ1) is 8.05. The van der Waals surface area contributed by atoms with Crippen LogP contribution in [0.25, 0.3) is 0 Å². The van der Waals surface area contributed by atoms with E-state index >= 15 is 0 Å². The molecule has 2 fully saturated rings. The van der Waals surface area contributed by atoms with Crippen molar-refractivity contribution < 1.29 is 13.2 Å². The van der Waals surface area contributed by atoms with E-state index in [1.807, 2.05) is 0 Å². The molecule has 0 atom stereocenters. The summed E-state index contributed by atoms with van der Waals surface area (Å²) >= 11 is 0. The predicted molar refractivity (Wildman–Crippen MR) is 60.8 cm³/mol. The van der Waals surface area contributed by atoms with E-state index < -0.39 is 12.1 Å². The van der Waals surface area contributed by atoms with Crippen LogP contribution in [0, 0.1) is 11.8 Å². The molecule has 1 aliphatic carbocycles. The SMILES string of the molecule is FC(F)(F)C1CCN(CCNCC2CC2)CC1. The van der Waals surface area contributed by atoms with Gasteiger partial charge in [-0.2, -0.15) is 13.2 Å². The third-order valence-corrected chi connectivity index (χ3v) is 3.79. The van der Waals surface area contributed by atoms with Crippen LogP contribution in [0.4, 0.5) is 13.2 Å². The van der Waals surface area contributed by atoms with Crippen molar-refractivity contribution in [2.75, 3.05) is 32.7 Å². The minimum Gasteiger partial charge on any atom is -0.315 e. The summed E-state index contributed by atoms with van der Waals surface area (Å²) in [5, 5.41) is 3.37. The number of hydrogen-bond acceptors (Lipinski definition) is 2. The number of piperidine rings is 1. The number of hydrogen-bond donors (Lipinski definition) is 1. The van der Waals surface area contributed by atoms with Gasteiger partial charge >= 0.3 is 6.18 Å². The van der Waals surface area contributed by atoms with Gasteiger partial charge in [0.25, 0.3) is 0 Å². The van der Waals surface area contributed by atoms with Gasteiger partial charge in [0.2, 0.25) is 0 Å². The molecule has 0 unspecified atom stereocenters. The van der Waals surface area contributed by atoms with Gasteiger partial charge in [0, 0.05) is 13.1 Å². The smallest absolute Gasteiger partial charge is 0.315 e. The molecule has 0 radical (unpaired) electrons. The van der Waals surface area contributed by atoms with Gasteiger partial charge in [-0.05, 0) is 51.2 Å². The summed E-state index contributed by atoms with van der Waals surface area (Å²) in [6, 6.07) is 0. The largest absolute Gasteiger partial charge is 0.391 e. The normalized spacial score (nSPS) is 24.2. The first-order valence-electron chi connectivity index (χ1n) is 6.55. The van der Waals surface area contributed by atoms with Crippen LogP contribution in [-0.4, -0.2) is 43.8 Å². The van der Waals surface area contributed by atoms with Crippen molar-refractivity contribution in [2.45, 2.75) is 31.9 Å². The molecule has 17 heavy (non-hydrogen) atoms. The lowest BCUT2D eigenvalue weighted by atomic mass is 9.96. The van der Waals surface area contributed by atoms with Crippen molar-refractivity contribution in [1.82, 2.24) is 10.2 Å². The van der Waals surface area contributed by atoms with Crippen molar-refractivity contribution in [3.05, 3.63) is 0 Å². The van der Waals surface area contributed by atoms with Crippen molar-refractivity contribution in [1.29, 1.82) is 0 Å². The van der Waals surface area contributed by atoms with Crippen LogP contribution in [0.2, 0.25) is 0 Å². The number of rotatable bonds is 5. The van der Waals surface area contributed by atoms with Crippen LogP contribution in [-0.2, 0) is 0 Å². The molecule has 2 aliphatic rings. The van der Waals surface area contributed by atoms with E-state index in [2.05, 4.69) is 10.2 Å². The average Bonchev–Trinajstić information content (AvgIpc) is 3.08. The van der Waals surface area contributed by atoms with Gasteiger partial charge < -0.3 is 10.2 Å². The van der Waals surface area contributed by atoms with E-state index in [9.17, 15) is 13.2 Å². The Morgan fingerprint density at radius 3 is 2.24 bits per heavy atom. The monoisotopic (exact) mass is 250 g/mol. The molecule has 2 nitrogen and oxygen atoms in total. The second-order valence-electron chi connectivity index (χ2n) is 5.31. The highest BCUT2D eigenvalue weighted by Crippen LogP contribution is 2.33. The minimum absolute atomic E-state index is 0.270. The minimum atomic E-state index is -3.99. The zero-order chi connectivity index (χ0) is 12.3. The van der Waals surface area contributed by atoms with Gasteiger partial charge in [0.1, 0.15) is 0 Å². The van der Waals surface area contributed by atoms with Crippen LogP contribution in [0.5, 0.6) is 0 Å². The summed E-state index contributed by atoms with van der Waals surface area (Å²) < 4.78 is 37.3. The molecule has 5 heteroatoms. The van der Waals surface area contributed by atoms with E-state index in [1.54, 1.807) is 0 Å². The number of nitrogens with one attached hydrogen (secondary N) is 1. The zero-order valence-corrected chi connectivity index (χ0v) is 10.1. The quantitative estimate of drug-likeness (QED) is 0.753. The van der Waals surface area contributed by atoms with Crippen LogP contribution < -0.4 is 5.32 Å². The lowest BCUT2D eigenvalue weighted by molar-refractivity contribution is -0.184. The first kappa shape index (κ1) is 13.1. The van der Waals surface area contributed by atoms with Crippen LogP contribution in [0.3, 0.4) is 0 Å². The van der Waals surface area contributed by atoms with Crippen LogP contribution >= 0.6 is 0 Å². The van der Waals surface area contributed by atoms with E-state index in [1.165, 1.54) is 12.8 Å². The van der Waals surface area contributed by atoms with Gasteiger partial charge in [-0.3, -0.25) is 0 Å². The predicted octanol–water partition coefficient (Wildman–Crippen LogP) is 2.26. The Morgan fingerprint density at radius 2 is 1.71 bits per heavy atom. The third-order valence-electron chi connectivity index (χ3n) is 3.79. The standard InChI is InChI=1S/C12H21F3N2/c13-12(14,15)11-3-6-17(7-4-11)8-5-16-9-10-1-2-10/h10-11,16H,1-9H2. The van der Waals surface area contributed by atoms with E-state index in [0.29, 0.717) is 13.1 Å². The topological polar surface area (TPSA) is 15.3 Å². The summed E-state index contributed by atoms with van der Waals surface area (Å²) in [4.78, 5) is 2.14. The van der Waals surface area contributed by atoms with Crippen molar-refractivity contribution in [2.24, 2.45) is 11.8 Å². The molecular formula is C12H21F3N2. The van der Waals surface area contributed by atoms with Crippen molar-refractivity contribution >= 4 is 0 Å². The highest BCUT2D eigenvalue weighted by atomic mass is 19.4. The zero-order valence-electron chi connectivity index (χ0n) is 10.1. The second-order valence-corrected chi connectivity index (χ2v) is 5.31. The van der Waals surface area contributed by atoms with Crippen LogP contribution in [0.1, 0.15) is 25.7 Å². The Hall–Kier alpha value is -0.290. The Labute approximate surface area is 101 Å². The highest BCUT2D eigenvalue weighted by Gasteiger charge is 2.40. The maximum atomic E-state index is 12.4. The fourth-order valence-corrected chi connectivity index (χ4v) is 2.35. The van der Waals surface area contributed by atoms with E-state index in [-0.39, 0.29) is 12.8 Å².